The summed E-state index contributed by atoms with van der Waals surface area (Å²) in [6.07, 6.45) is 1.03. The Hall–Kier alpha value is -0.860. The molecule has 1 aliphatic rings. The average Bonchev–Trinajstić information content (AvgIpc) is 2.19. The van der Waals surface area contributed by atoms with Crippen molar-refractivity contribution in [3.05, 3.63) is 35.9 Å². The quantitative estimate of drug-likeness (QED) is 0.729. The normalized spacial score (nSPS) is 18.9. The molecule has 1 fully saturated rings. The van der Waals surface area contributed by atoms with Crippen molar-refractivity contribution in [2.24, 2.45) is 0 Å². The maximum atomic E-state index is 5.88. The maximum Gasteiger partial charge on any atom is 0.115 e. The highest BCUT2D eigenvalue weighted by Gasteiger charge is 2.37. The Kier molecular flexibility index (Phi) is 2.85. The molecule has 0 amide bonds. The van der Waals surface area contributed by atoms with Crippen LogP contribution in [0.5, 0.6) is 0 Å². The second-order valence-electron chi connectivity index (χ2n) is 3.80. The van der Waals surface area contributed by atoms with Crippen LogP contribution >= 0.6 is 0 Å². The molecule has 1 saturated heterocycles. The van der Waals surface area contributed by atoms with Gasteiger partial charge >= 0.3 is 0 Å². The van der Waals surface area contributed by atoms with Gasteiger partial charge in [-0.15, -0.1) is 0 Å². The largest absolute Gasteiger partial charge is 0.375 e. The van der Waals surface area contributed by atoms with Gasteiger partial charge in [0.25, 0.3) is 0 Å². The number of hydrogen-bond acceptors (Lipinski definition) is 2. The molecule has 2 heteroatoms. The molecule has 0 unspecified atom stereocenters. The fraction of sp³-hybridized carbons (Fsp3) is 0.500. The molecular weight excluding hydrogens is 176 g/mol. The molecule has 0 saturated carbocycles. The summed E-state index contributed by atoms with van der Waals surface area (Å²) in [5.74, 6) is 0. The van der Waals surface area contributed by atoms with Gasteiger partial charge in [-0.2, -0.15) is 0 Å². The third-order valence-corrected chi connectivity index (χ3v) is 2.76. The van der Waals surface area contributed by atoms with Gasteiger partial charge in [-0.05, 0) is 12.0 Å². The Labute approximate surface area is 84.8 Å². The van der Waals surface area contributed by atoms with Crippen LogP contribution in [0.4, 0.5) is 0 Å². The molecule has 1 aromatic rings. The van der Waals surface area contributed by atoms with Crippen molar-refractivity contribution in [1.82, 2.24) is 0 Å². The minimum atomic E-state index is -0.00413. The third-order valence-electron chi connectivity index (χ3n) is 2.76. The summed E-state index contributed by atoms with van der Waals surface area (Å²) < 4.78 is 11.1. The summed E-state index contributed by atoms with van der Waals surface area (Å²) in [5.41, 5.74) is 1.22. The van der Waals surface area contributed by atoms with Crippen molar-refractivity contribution in [3.63, 3.8) is 0 Å². The third kappa shape index (κ3) is 1.97. The predicted octanol–water partition coefficient (Wildman–Crippen LogP) is 2.38. The van der Waals surface area contributed by atoms with Crippen LogP contribution in [0.15, 0.2) is 30.3 Å². The topological polar surface area (TPSA) is 18.5 Å². The zero-order chi connectivity index (χ0) is 9.86. The van der Waals surface area contributed by atoms with E-state index in [-0.39, 0.29) is 5.60 Å². The predicted molar refractivity (Wildman–Crippen MR) is 55.1 cm³/mol. The Morgan fingerprint density at radius 3 is 2.50 bits per heavy atom. The van der Waals surface area contributed by atoms with Crippen LogP contribution in [0, 0.1) is 0 Å². The van der Waals surface area contributed by atoms with Crippen molar-refractivity contribution in [2.45, 2.75) is 25.6 Å². The standard InChI is InChI=1S/C12H16O2/c1-2-12(9-13-10-12)14-8-11-6-4-3-5-7-11/h3-7H,2,8-10H2,1H3. The van der Waals surface area contributed by atoms with Gasteiger partial charge in [-0.25, -0.2) is 0 Å². The van der Waals surface area contributed by atoms with Crippen LogP contribution in [0.3, 0.4) is 0 Å². The van der Waals surface area contributed by atoms with Gasteiger partial charge in [0.15, 0.2) is 0 Å². The van der Waals surface area contributed by atoms with Crippen molar-refractivity contribution in [3.8, 4) is 0 Å². The van der Waals surface area contributed by atoms with E-state index in [0.717, 1.165) is 19.6 Å². The number of ether oxygens (including phenoxy) is 2. The highest BCUT2D eigenvalue weighted by molar-refractivity contribution is 5.13. The first-order chi connectivity index (χ1) is 6.85. The lowest BCUT2D eigenvalue weighted by Gasteiger charge is -2.40. The van der Waals surface area contributed by atoms with Crippen molar-refractivity contribution in [1.29, 1.82) is 0 Å². The lowest BCUT2D eigenvalue weighted by molar-refractivity contribution is -0.216. The Morgan fingerprint density at radius 1 is 1.29 bits per heavy atom. The number of benzene rings is 1. The van der Waals surface area contributed by atoms with Gasteiger partial charge in [0, 0.05) is 0 Å². The molecule has 76 valence electrons. The zero-order valence-corrected chi connectivity index (χ0v) is 8.53. The highest BCUT2D eigenvalue weighted by atomic mass is 16.6. The first-order valence-corrected chi connectivity index (χ1v) is 5.10. The van der Waals surface area contributed by atoms with E-state index in [9.17, 15) is 0 Å². The van der Waals surface area contributed by atoms with Crippen molar-refractivity contribution in [2.75, 3.05) is 13.2 Å². The van der Waals surface area contributed by atoms with E-state index in [4.69, 9.17) is 9.47 Å². The molecule has 0 aliphatic carbocycles. The molecule has 1 aliphatic heterocycles. The zero-order valence-electron chi connectivity index (χ0n) is 8.53. The van der Waals surface area contributed by atoms with Crippen LogP contribution in [-0.4, -0.2) is 18.8 Å². The fourth-order valence-electron chi connectivity index (χ4n) is 1.53. The lowest BCUT2D eigenvalue weighted by atomic mass is 9.99. The SMILES string of the molecule is CCC1(OCc2ccccc2)COC1. The number of rotatable bonds is 4. The Morgan fingerprint density at radius 2 is 2.00 bits per heavy atom. The molecule has 1 aromatic carbocycles. The van der Waals surface area contributed by atoms with Gasteiger partial charge in [0.2, 0.25) is 0 Å². The van der Waals surface area contributed by atoms with Crippen LogP contribution in [0.2, 0.25) is 0 Å². The first kappa shape index (κ1) is 9.69. The molecule has 2 rings (SSSR count). The van der Waals surface area contributed by atoms with Gasteiger partial charge in [0.05, 0.1) is 19.8 Å². The second-order valence-corrected chi connectivity index (χ2v) is 3.80. The fourth-order valence-corrected chi connectivity index (χ4v) is 1.53. The monoisotopic (exact) mass is 192 g/mol. The molecule has 0 atom stereocenters. The molecule has 0 aromatic heterocycles. The number of hydrogen-bond donors (Lipinski definition) is 0. The summed E-state index contributed by atoms with van der Waals surface area (Å²) >= 11 is 0. The van der Waals surface area contributed by atoms with Gasteiger partial charge in [0.1, 0.15) is 5.60 Å². The summed E-state index contributed by atoms with van der Waals surface area (Å²) in [6.45, 7) is 4.33. The van der Waals surface area contributed by atoms with E-state index in [0.29, 0.717) is 6.61 Å². The van der Waals surface area contributed by atoms with E-state index >= 15 is 0 Å². The minimum Gasteiger partial charge on any atom is -0.375 e. The molecule has 1 heterocycles. The van der Waals surface area contributed by atoms with Gasteiger partial charge in [-0.3, -0.25) is 0 Å². The molecule has 2 nitrogen and oxygen atoms in total. The summed E-state index contributed by atoms with van der Waals surface area (Å²) in [7, 11) is 0. The van der Waals surface area contributed by atoms with Crippen LogP contribution in [0.25, 0.3) is 0 Å². The van der Waals surface area contributed by atoms with E-state index < -0.39 is 0 Å². The van der Waals surface area contributed by atoms with E-state index in [1.54, 1.807) is 0 Å². The lowest BCUT2D eigenvalue weighted by Crippen LogP contribution is -2.51. The van der Waals surface area contributed by atoms with Crippen LogP contribution in [0.1, 0.15) is 18.9 Å². The second kappa shape index (κ2) is 4.11. The molecular formula is C12H16O2. The Balaban J connectivity index is 1.88. The molecule has 0 radical (unpaired) electrons. The van der Waals surface area contributed by atoms with Crippen LogP contribution < -0.4 is 0 Å². The summed E-state index contributed by atoms with van der Waals surface area (Å²) in [4.78, 5) is 0. The van der Waals surface area contributed by atoms with Gasteiger partial charge < -0.3 is 9.47 Å². The van der Waals surface area contributed by atoms with E-state index in [1.807, 2.05) is 18.2 Å². The average molecular weight is 192 g/mol. The van der Waals surface area contributed by atoms with Crippen LogP contribution in [-0.2, 0) is 16.1 Å². The summed E-state index contributed by atoms with van der Waals surface area (Å²) in [6, 6.07) is 10.3. The molecule has 0 spiro atoms. The van der Waals surface area contributed by atoms with Crippen molar-refractivity contribution >= 4 is 0 Å². The Bertz CT molecular complexity index is 272. The van der Waals surface area contributed by atoms with E-state index in [2.05, 4.69) is 19.1 Å². The van der Waals surface area contributed by atoms with Crippen molar-refractivity contribution < 1.29 is 9.47 Å². The maximum absolute atomic E-state index is 5.88. The molecule has 0 bridgehead atoms. The first-order valence-electron chi connectivity index (χ1n) is 5.10. The summed E-state index contributed by atoms with van der Waals surface area (Å²) in [5, 5.41) is 0. The molecule has 14 heavy (non-hydrogen) atoms. The van der Waals surface area contributed by atoms with Gasteiger partial charge in [-0.1, -0.05) is 37.3 Å². The highest BCUT2D eigenvalue weighted by Crippen LogP contribution is 2.26. The smallest absolute Gasteiger partial charge is 0.115 e. The minimum absolute atomic E-state index is 0.00413. The molecule has 0 N–H and O–H groups in total. The van der Waals surface area contributed by atoms with E-state index in [1.165, 1.54) is 5.56 Å².